The molecule has 1 aliphatic heterocycles. The van der Waals surface area contributed by atoms with Gasteiger partial charge in [0.25, 0.3) is 0 Å². The molecular formula is C11H14BrNO. The summed E-state index contributed by atoms with van der Waals surface area (Å²) in [5, 5.41) is 0. The predicted molar refractivity (Wildman–Crippen MR) is 59.6 cm³/mol. The Morgan fingerprint density at radius 3 is 2.93 bits per heavy atom. The van der Waals surface area contributed by atoms with Crippen LogP contribution >= 0.6 is 15.9 Å². The van der Waals surface area contributed by atoms with Crippen LogP contribution in [-0.4, -0.2) is 22.5 Å². The third-order valence-electron chi connectivity index (χ3n) is 2.55. The third-order valence-corrected chi connectivity index (χ3v) is 3.46. The number of nitrogens with zero attached hydrogens (tertiary/aromatic N) is 1. The summed E-state index contributed by atoms with van der Waals surface area (Å²) in [6.07, 6.45) is 7.47. The molecular weight excluding hydrogens is 242 g/mol. The Kier molecular flexibility index (Phi) is 3.54. The molecule has 2 atom stereocenters. The van der Waals surface area contributed by atoms with E-state index in [9.17, 15) is 0 Å². The van der Waals surface area contributed by atoms with Crippen LogP contribution in [0.1, 0.15) is 18.4 Å². The molecule has 14 heavy (non-hydrogen) atoms. The van der Waals surface area contributed by atoms with Gasteiger partial charge in [0, 0.05) is 23.8 Å². The summed E-state index contributed by atoms with van der Waals surface area (Å²) in [6, 6.07) is 4.12. The lowest BCUT2D eigenvalue weighted by atomic mass is 10.1. The van der Waals surface area contributed by atoms with Crippen LogP contribution in [0.15, 0.2) is 24.5 Å². The molecule has 0 aliphatic carbocycles. The SMILES string of the molecule is BrC(Cc1ccncc1)C1CCCO1. The molecule has 0 spiro atoms. The number of pyridine rings is 1. The van der Waals surface area contributed by atoms with E-state index in [-0.39, 0.29) is 0 Å². The van der Waals surface area contributed by atoms with Gasteiger partial charge in [-0.2, -0.15) is 0 Å². The van der Waals surface area contributed by atoms with Crippen LogP contribution in [0.2, 0.25) is 0 Å². The van der Waals surface area contributed by atoms with Gasteiger partial charge >= 0.3 is 0 Å². The van der Waals surface area contributed by atoms with Crippen molar-refractivity contribution in [1.82, 2.24) is 4.98 Å². The molecule has 0 radical (unpaired) electrons. The molecule has 0 N–H and O–H groups in total. The van der Waals surface area contributed by atoms with Crippen molar-refractivity contribution in [1.29, 1.82) is 0 Å². The number of aromatic nitrogens is 1. The van der Waals surface area contributed by atoms with E-state index >= 15 is 0 Å². The summed E-state index contributed by atoms with van der Waals surface area (Å²) in [6.45, 7) is 0.920. The zero-order valence-corrected chi connectivity index (χ0v) is 9.61. The Balaban J connectivity index is 1.90. The topological polar surface area (TPSA) is 22.1 Å². The van der Waals surface area contributed by atoms with E-state index in [1.54, 1.807) is 0 Å². The van der Waals surface area contributed by atoms with Crippen LogP contribution < -0.4 is 0 Å². The second-order valence-electron chi connectivity index (χ2n) is 3.63. The number of hydrogen-bond donors (Lipinski definition) is 0. The maximum absolute atomic E-state index is 5.62. The number of hydrogen-bond acceptors (Lipinski definition) is 2. The van der Waals surface area contributed by atoms with Crippen molar-refractivity contribution >= 4 is 15.9 Å². The fraction of sp³-hybridized carbons (Fsp3) is 0.545. The Morgan fingerprint density at radius 2 is 2.29 bits per heavy atom. The first-order chi connectivity index (χ1) is 6.86. The van der Waals surface area contributed by atoms with E-state index < -0.39 is 0 Å². The molecule has 1 aliphatic rings. The molecule has 0 saturated carbocycles. The third kappa shape index (κ3) is 2.55. The molecule has 2 rings (SSSR count). The quantitative estimate of drug-likeness (QED) is 0.775. The van der Waals surface area contributed by atoms with Crippen molar-refractivity contribution in [2.45, 2.75) is 30.2 Å². The summed E-state index contributed by atoms with van der Waals surface area (Å²) < 4.78 is 5.62. The predicted octanol–water partition coefficient (Wildman–Crippen LogP) is 2.57. The molecule has 2 heterocycles. The highest BCUT2D eigenvalue weighted by Gasteiger charge is 2.23. The van der Waals surface area contributed by atoms with E-state index in [4.69, 9.17) is 4.74 Å². The summed E-state index contributed by atoms with van der Waals surface area (Å²) in [5.74, 6) is 0. The summed E-state index contributed by atoms with van der Waals surface area (Å²) in [4.78, 5) is 4.44. The Bertz CT molecular complexity index is 272. The lowest BCUT2D eigenvalue weighted by Gasteiger charge is -2.16. The van der Waals surface area contributed by atoms with Crippen molar-refractivity contribution in [2.24, 2.45) is 0 Å². The average molecular weight is 256 g/mol. The van der Waals surface area contributed by atoms with Gasteiger partial charge in [-0.25, -0.2) is 0 Å². The van der Waals surface area contributed by atoms with Crippen LogP contribution in [0.5, 0.6) is 0 Å². The maximum Gasteiger partial charge on any atom is 0.0704 e. The fourth-order valence-corrected chi connectivity index (χ4v) is 2.55. The van der Waals surface area contributed by atoms with E-state index in [0.29, 0.717) is 10.9 Å². The van der Waals surface area contributed by atoms with Gasteiger partial charge in [-0.05, 0) is 37.0 Å². The standard InChI is InChI=1S/C11H14BrNO/c12-10(11-2-1-7-14-11)8-9-3-5-13-6-4-9/h3-6,10-11H,1-2,7-8H2. The van der Waals surface area contributed by atoms with Gasteiger partial charge in [-0.15, -0.1) is 0 Å². The van der Waals surface area contributed by atoms with Gasteiger partial charge in [0.15, 0.2) is 0 Å². The van der Waals surface area contributed by atoms with Crippen LogP contribution in [-0.2, 0) is 11.2 Å². The first-order valence-electron chi connectivity index (χ1n) is 5.01. The largest absolute Gasteiger partial charge is 0.377 e. The first kappa shape index (κ1) is 10.1. The summed E-state index contributed by atoms with van der Waals surface area (Å²) >= 11 is 3.70. The van der Waals surface area contributed by atoms with Crippen LogP contribution in [0.3, 0.4) is 0 Å². The summed E-state index contributed by atoms with van der Waals surface area (Å²) in [5.41, 5.74) is 1.32. The van der Waals surface area contributed by atoms with Crippen LogP contribution in [0, 0.1) is 0 Å². The number of alkyl halides is 1. The molecule has 76 valence electrons. The second-order valence-corrected chi connectivity index (χ2v) is 4.80. The van der Waals surface area contributed by atoms with Gasteiger partial charge in [0.05, 0.1) is 6.10 Å². The van der Waals surface area contributed by atoms with Gasteiger partial charge in [0.1, 0.15) is 0 Å². The van der Waals surface area contributed by atoms with E-state index in [0.717, 1.165) is 13.0 Å². The van der Waals surface area contributed by atoms with Crippen LogP contribution in [0.25, 0.3) is 0 Å². The molecule has 2 unspecified atom stereocenters. The summed E-state index contributed by atoms with van der Waals surface area (Å²) in [7, 11) is 0. The molecule has 0 aromatic carbocycles. The van der Waals surface area contributed by atoms with Gasteiger partial charge in [0.2, 0.25) is 0 Å². The molecule has 1 aromatic heterocycles. The monoisotopic (exact) mass is 255 g/mol. The second kappa shape index (κ2) is 4.89. The minimum atomic E-state index is 0.392. The normalized spacial score (nSPS) is 23.6. The number of halogens is 1. The Morgan fingerprint density at radius 1 is 1.50 bits per heavy atom. The molecule has 0 bridgehead atoms. The molecule has 0 amide bonds. The lowest BCUT2D eigenvalue weighted by Crippen LogP contribution is -2.21. The van der Waals surface area contributed by atoms with E-state index in [1.165, 1.54) is 18.4 Å². The van der Waals surface area contributed by atoms with Gasteiger partial charge in [-0.3, -0.25) is 4.98 Å². The van der Waals surface area contributed by atoms with E-state index in [2.05, 4.69) is 33.0 Å². The molecule has 1 aromatic rings. The smallest absolute Gasteiger partial charge is 0.0704 e. The molecule has 3 heteroatoms. The van der Waals surface area contributed by atoms with Crippen molar-refractivity contribution in [3.05, 3.63) is 30.1 Å². The van der Waals surface area contributed by atoms with Gasteiger partial charge in [-0.1, -0.05) is 15.9 Å². The molecule has 1 fully saturated rings. The minimum Gasteiger partial charge on any atom is -0.377 e. The maximum atomic E-state index is 5.62. The number of rotatable bonds is 3. The van der Waals surface area contributed by atoms with Crippen molar-refractivity contribution in [2.75, 3.05) is 6.61 Å². The zero-order valence-electron chi connectivity index (χ0n) is 8.03. The van der Waals surface area contributed by atoms with Crippen molar-refractivity contribution in [3.8, 4) is 0 Å². The lowest BCUT2D eigenvalue weighted by molar-refractivity contribution is 0.110. The highest BCUT2D eigenvalue weighted by molar-refractivity contribution is 9.09. The van der Waals surface area contributed by atoms with Crippen molar-refractivity contribution < 1.29 is 4.74 Å². The highest BCUT2D eigenvalue weighted by atomic mass is 79.9. The first-order valence-corrected chi connectivity index (χ1v) is 5.92. The Labute approximate surface area is 92.8 Å². The van der Waals surface area contributed by atoms with E-state index in [1.807, 2.05) is 12.4 Å². The highest BCUT2D eigenvalue weighted by Crippen LogP contribution is 2.23. The van der Waals surface area contributed by atoms with Crippen LogP contribution in [0.4, 0.5) is 0 Å². The minimum absolute atomic E-state index is 0.392. The van der Waals surface area contributed by atoms with Crippen molar-refractivity contribution in [3.63, 3.8) is 0 Å². The zero-order chi connectivity index (χ0) is 9.80. The Hall–Kier alpha value is -0.410. The average Bonchev–Trinajstić information content (AvgIpc) is 2.72. The van der Waals surface area contributed by atoms with Gasteiger partial charge < -0.3 is 4.74 Å². The fourth-order valence-electron chi connectivity index (χ4n) is 1.76. The number of ether oxygens (including phenoxy) is 1. The molecule has 1 saturated heterocycles. The molecule has 2 nitrogen and oxygen atoms in total.